The monoisotopic (exact) mass is 280 g/mol. The second-order valence-corrected chi connectivity index (χ2v) is 5.65. The highest BCUT2D eigenvalue weighted by atomic mass is 16.1. The van der Waals surface area contributed by atoms with Crippen LogP contribution in [-0.4, -0.2) is 12.5 Å². The molecule has 0 radical (unpaired) electrons. The Kier molecular flexibility index (Phi) is 3.76. The van der Waals surface area contributed by atoms with Crippen LogP contribution in [0, 0.1) is 0 Å². The van der Waals surface area contributed by atoms with Gasteiger partial charge in [-0.15, -0.1) is 0 Å². The summed E-state index contributed by atoms with van der Waals surface area (Å²) in [5, 5.41) is 2.89. The fourth-order valence-electron chi connectivity index (χ4n) is 2.89. The third kappa shape index (κ3) is 2.69. The predicted molar refractivity (Wildman–Crippen MR) is 84.3 cm³/mol. The Morgan fingerprint density at radius 1 is 1.10 bits per heavy atom. The van der Waals surface area contributed by atoms with E-state index in [1.807, 2.05) is 30.3 Å². The molecule has 3 rings (SSSR count). The summed E-state index contributed by atoms with van der Waals surface area (Å²) in [5.41, 5.74) is 10.5. The smallest absolute Gasteiger partial charge is 0.251 e. The molecule has 2 atom stereocenters. The van der Waals surface area contributed by atoms with E-state index in [4.69, 9.17) is 5.73 Å². The summed E-state index contributed by atoms with van der Waals surface area (Å²) in [5.74, 6) is 0.216. The minimum absolute atomic E-state index is 0.0117. The molecule has 1 heterocycles. The average molecular weight is 280 g/mol. The Hall–Kier alpha value is -2.13. The zero-order valence-corrected chi connectivity index (χ0v) is 12.2. The van der Waals surface area contributed by atoms with Gasteiger partial charge in [0, 0.05) is 24.1 Å². The highest BCUT2D eigenvalue weighted by molar-refractivity contribution is 5.96. The van der Waals surface area contributed by atoms with Crippen molar-refractivity contribution < 1.29 is 4.79 Å². The van der Waals surface area contributed by atoms with Gasteiger partial charge in [-0.3, -0.25) is 4.79 Å². The molecule has 3 N–H and O–H groups in total. The molecule has 0 spiro atoms. The minimum atomic E-state index is -0.118. The third-order valence-corrected chi connectivity index (χ3v) is 4.31. The maximum absolute atomic E-state index is 11.9. The first-order valence-corrected chi connectivity index (χ1v) is 7.38. The van der Waals surface area contributed by atoms with Crippen molar-refractivity contribution in [2.45, 2.75) is 25.3 Å². The van der Waals surface area contributed by atoms with Gasteiger partial charge in [0.15, 0.2) is 0 Å². The van der Waals surface area contributed by atoms with E-state index in [9.17, 15) is 4.79 Å². The van der Waals surface area contributed by atoms with Crippen molar-refractivity contribution in [1.82, 2.24) is 5.32 Å². The van der Waals surface area contributed by atoms with Crippen molar-refractivity contribution in [2.24, 2.45) is 5.73 Å². The standard InChI is InChI=1S/C18H20N2O/c1-12(13-5-3-2-4-6-13)17(19)15-8-7-14-9-10-20-18(21)16(14)11-15/h2-8,11-12,17H,9-10,19H2,1H3,(H,20,21). The quantitative estimate of drug-likeness (QED) is 0.908. The van der Waals surface area contributed by atoms with Crippen molar-refractivity contribution in [3.8, 4) is 0 Å². The molecule has 0 saturated heterocycles. The molecule has 3 heteroatoms. The molecular formula is C18H20N2O. The van der Waals surface area contributed by atoms with Crippen LogP contribution >= 0.6 is 0 Å². The van der Waals surface area contributed by atoms with Crippen LogP contribution in [0.4, 0.5) is 0 Å². The number of amides is 1. The molecule has 21 heavy (non-hydrogen) atoms. The van der Waals surface area contributed by atoms with E-state index in [2.05, 4.69) is 30.4 Å². The first-order valence-electron chi connectivity index (χ1n) is 7.38. The summed E-state index contributed by atoms with van der Waals surface area (Å²) in [6.45, 7) is 2.84. The number of nitrogens with two attached hydrogens (primary N) is 1. The Bertz CT molecular complexity index is 652. The number of hydrogen-bond acceptors (Lipinski definition) is 2. The summed E-state index contributed by atoms with van der Waals surface area (Å²) in [4.78, 5) is 11.9. The lowest BCUT2D eigenvalue weighted by molar-refractivity contribution is 0.0946. The molecule has 3 nitrogen and oxygen atoms in total. The van der Waals surface area contributed by atoms with Crippen LogP contribution in [0.25, 0.3) is 0 Å². The van der Waals surface area contributed by atoms with Gasteiger partial charge in [-0.05, 0) is 29.2 Å². The van der Waals surface area contributed by atoms with Crippen molar-refractivity contribution in [3.05, 3.63) is 70.8 Å². The first kappa shape index (κ1) is 13.8. The van der Waals surface area contributed by atoms with Gasteiger partial charge >= 0.3 is 0 Å². The number of fused-ring (bicyclic) bond motifs is 1. The zero-order chi connectivity index (χ0) is 14.8. The summed E-state index contributed by atoms with van der Waals surface area (Å²) in [7, 11) is 0. The van der Waals surface area contributed by atoms with Crippen LogP contribution in [0.2, 0.25) is 0 Å². The predicted octanol–water partition coefficient (Wildman–Crippen LogP) is 2.78. The Morgan fingerprint density at radius 3 is 2.62 bits per heavy atom. The third-order valence-electron chi connectivity index (χ3n) is 4.31. The van der Waals surface area contributed by atoms with Crippen LogP contribution in [0.3, 0.4) is 0 Å². The molecule has 1 amide bonds. The second-order valence-electron chi connectivity index (χ2n) is 5.65. The van der Waals surface area contributed by atoms with Crippen LogP contribution in [0.5, 0.6) is 0 Å². The van der Waals surface area contributed by atoms with Crippen LogP contribution in [0.15, 0.2) is 48.5 Å². The van der Waals surface area contributed by atoms with E-state index < -0.39 is 0 Å². The summed E-state index contributed by atoms with van der Waals surface area (Å²) in [6, 6.07) is 16.2. The maximum atomic E-state index is 11.9. The van der Waals surface area contributed by atoms with Gasteiger partial charge < -0.3 is 11.1 Å². The Labute approximate surface area is 125 Å². The number of benzene rings is 2. The van der Waals surface area contributed by atoms with E-state index >= 15 is 0 Å². The molecule has 108 valence electrons. The molecule has 0 aliphatic carbocycles. The topological polar surface area (TPSA) is 55.1 Å². The van der Waals surface area contributed by atoms with E-state index in [0.717, 1.165) is 29.7 Å². The first-order chi connectivity index (χ1) is 10.2. The van der Waals surface area contributed by atoms with Gasteiger partial charge in [0.2, 0.25) is 0 Å². The number of nitrogens with one attached hydrogen (secondary N) is 1. The van der Waals surface area contributed by atoms with E-state index in [1.165, 1.54) is 5.56 Å². The largest absolute Gasteiger partial charge is 0.352 e. The highest BCUT2D eigenvalue weighted by Crippen LogP contribution is 2.30. The van der Waals surface area contributed by atoms with Crippen molar-refractivity contribution in [1.29, 1.82) is 0 Å². The van der Waals surface area contributed by atoms with Crippen molar-refractivity contribution in [2.75, 3.05) is 6.54 Å². The average Bonchev–Trinajstić information content (AvgIpc) is 2.54. The SMILES string of the molecule is CC(c1ccccc1)C(N)c1ccc2c(c1)C(=O)NCC2. The van der Waals surface area contributed by atoms with Gasteiger partial charge in [0.25, 0.3) is 5.91 Å². The molecule has 0 aromatic heterocycles. The van der Waals surface area contributed by atoms with Gasteiger partial charge in [0.05, 0.1) is 0 Å². The fourth-order valence-corrected chi connectivity index (χ4v) is 2.89. The summed E-state index contributed by atoms with van der Waals surface area (Å²) in [6.07, 6.45) is 0.894. The molecule has 2 aromatic carbocycles. The van der Waals surface area contributed by atoms with Gasteiger partial charge in [0.1, 0.15) is 0 Å². The molecule has 1 aliphatic heterocycles. The lowest BCUT2D eigenvalue weighted by Crippen LogP contribution is -2.32. The van der Waals surface area contributed by atoms with Crippen molar-refractivity contribution in [3.63, 3.8) is 0 Å². The molecule has 0 saturated carbocycles. The number of carbonyl (C=O) groups is 1. The molecule has 2 aromatic rings. The number of rotatable bonds is 3. The molecule has 2 unspecified atom stereocenters. The summed E-state index contributed by atoms with van der Waals surface area (Å²) < 4.78 is 0. The zero-order valence-electron chi connectivity index (χ0n) is 12.2. The van der Waals surface area contributed by atoms with E-state index in [1.54, 1.807) is 0 Å². The van der Waals surface area contributed by atoms with Gasteiger partial charge in [-0.2, -0.15) is 0 Å². The Morgan fingerprint density at radius 2 is 1.86 bits per heavy atom. The lowest BCUT2D eigenvalue weighted by Gasteiger charge is -2.23. The number of carbonyl (C=O) groups excluding carboxylic acids is 1. The molecule has 0 fully saturated rings. The van der Waals surface area contributed by atoms with Crippen LogP contribution in [0.1, 0.15) is 45.9 Å². The fraction of sp³-hybridized carbons (Fsp3) is 0.278. The molecule has 0 bridgehead atoms. The normalized spacial score (nSPS) is 16.8. The molecule has 1 aliphatic rings. The lowest BCUT2D eigenvalue weighted by atomic mass is 9.87. The van der Waals surface area contributed by atoms with E-state index in [-0.39, 0.29) is 17.9 Å². The van der Waals surface area contributed by atoms with Crippen LogP contribution in [-0.2, 0) is 6.42 Å². The highest BCUT2D eigenvalue weighted by Gasteiger charge is 2.21. The Balaban J connectivity index is 1.90. The van der Waals surface area contributed by atoms with E-state index in [0.29, 0.717) is 0 Å². The minimum Gasteiger partial charge on any atom is -0.352 e. The molecular weight excluding hydrogens is 260 g/mol. The van der Waals surface area contributed by atoms with Gasteiger partial charge in [-0.1, -0.05) is 49.4 Å². The van der Waals surface area contributed by atoms with Crippen LogP contribution < -0.4 is 11.1 Å². The number of hydrogen-bond donors (Lipinski definition) is 2. The van der Waals surface area contributed by atoms with Gasteiger partial charge in [-0.25, -0.2) is 0 Å². The van der Waals surface area contributed by atoms with Crippen molar-refractivity contribution >= 4 is 5.91 Å². The maximum Gasteiger partial charge on any atom is 0.251 e. The summed E-state index contributed by atoms with van der Waals surface area (Å²) >= 11 is 0. The second kappa shape index (κ2) is 5.70.